The summed E-state index contributed by atoms with van der Waals surface area (Å²) in [7, 11) is 0. The van der Waals surface area contributed by atoms with Crippen LogP contribution in [-0.4, -0.2) is 52.8 Å². The van der Waals surface area contributed by atoms with E-state index >= 15 is 0 Å². The second-order valence-corrected chi connectivity index (χ2v) is 6.65. The molecule has 1 fully saturated rings. The molecular weight excluding hydrogens is 380 g/mol. The molecule has 0 radical (unpaired) electrons. The third-order valence-electron chi connectivity index (χ3n) is 4.50. The number of morpholine rings is 1. The largest absolute Gasteiger partial charge is 0.378 e. The molecule has 11 nitrogen and oxygen atoms in total. The minimum atomic E-state index is -0.650. The molecule has 1 aromatic carbocycles. The highest BCUT2D eigenvalue weighted by Crippen LogP contribution is 2.29. The van der Waals surface area contributed by atoms with Crippen LogP contribution in [-0.2, 0) is 16.1 Å². The average Bonchev–Trinajstić information content (AvgIpc) is 3.02. The first-order valence-electron chi connectivity index (χ1n) is 9.06. The number of hydrogen-bond acceptors (Lipinski definition) is 7. The quantitative estimate of drug-likeness (QED) is 0.556. The van der Waals surface area contributed by atoms with Gasteiger partial charge in [-0.1, -0.05) is 0 Å². The van der Waals surface area contributed by atoms with Crippen molar-refractivity contribution in [1.29, 1.82) is 0 Å². The fraction of sp³-hybridized carbons (Fsp3) is 0.389. The van der Waals surface area contributed by atoms with Crippen LogP contribution in [0, 0.1) is 24.0 Å². The number of aryl methyl sites for hydroxylation is 2. The summed E-state index contributed by atoms with van der Waals surface area (Å²) in [6.07, 6.45) is 0. The Morgan fingerprint density at radius 1 is 1.21 bits per heavy atom. The van der Waals surface area contributed by atoms with Crippen LogP contribution in [0.3, 0.4) is 0 Å². The molecule has 2 amide bonds. The summed E-state index contributed by atoms with van der Waals surface area (Å²) >= 11 is 0. The van der Waals surface area contributed by atoms with Crippen LogP contribution >= 0.6 is 0 Å². The molecule has 0 atom stereocenters. The van der Waals surface area contributed by atoms with E-state index in [1.54, 1.807) is 0 Å². The van der Waals surface area contributed by atoms with Crippen molar-refractivity contribution >= 4 is 23.2 Å². The molecule has 29 heavy (non-hydrogen) atoms. The summed E-state index contributed by atoms with van der Waals surface area (Å²) in [5, 5.41) is 15.7. The number of anilines is 1. The molecule has 0 unspecified atom stereocenters. The molecule has 11 heteroatoms. The van der Waals surface area contributed by atoms with Gasteiger partial charge < -0.3 is 9.64 Å². The van der Waals surface area contributed by atoms with Gasteiger partial charge in [-0.25, -0.2) is 0 Å². The SMILES string of the molecule is Cc1cc(C)n(CC(=O)NNC(=O)c2ccc(N3CCOCC3)c([N+](=O)[O-])c2)n1. The third kappa shape index (κ3) is 4.88. The number of hydrazine groups is 1. The van der Waals surface area contributed by atoms with E-state index in [0.29, 0.717) is 32.0 Å². The average molecular weight is 402 g/mol. The molecule has 2 aromatic rings. The fourth-order valence-corrected chi connectivity index (χ4v) is 3.09. The second kappa shape index (κ2) is 8.69. The summed E-state index contributed by atoms with van der Waals surface area (Å²) in [5.41, 5.74) is 6.50. The Labute approximate surface area is 166 Å². The molecular formula is C18H22N6O5. The smallest absolute Gasteiger partial charge is 0.293 e. The van der Waals surface area contributed by atoms with Crippen LogP contribution in [0.1, 0.15) is 21.7 Å². The molecule has 2 heterocycles. The fourth-order valence-electron chi connectivity index (χ4n) is 3.09. The number of carbonyl (C=O) groups is 2. The van der Waals surface area contributed by atoms with E-state index in [1.165, 1.54) is 22.9 Å². The van der Waals surface area contributed by atoms with Gasteiger partial charge in [-0.3, -0.25) is 35.2 Å². The number of aromatic nitrogens is 2. The lowest BCUT2D eigenvalue weighted by Gasteiger charge is -2.28. The lowest BCUT2D eigenvalue weighted by molar-refractivity contribution is -0.384. The summed E-state index contributed by atoms with van der Waals surface area (Å²) in [5.74, 6) is -1.12. The molecule has 1 aliphatic rings. The Hall–Kier alpha value is -3.47. The number of benzene rings is 1. The number of nitro groups is 1. The highest BCUT2D eigenvalue weighted by atomic mass is 16.6. The molecule has 3 rings (SSSR count). The minimum Gasteiger partial charge on any atom is -0.378 e. The highest BCUT2D eigenvalue weighted by molar-refractivity contribution is 5.96. The van der Waals surface area contributed by atoms with E-state index in [0.717, 1.165) is 11.4 Å². The van der Waals surface area contributed by atoms with Crippen LogP contribution in [0.2, 0.25) is 0 Å². The van der Waals surface area contributed by atoms with Crippen LogP contribution in [0.15, 0.2) is 24.3 Å². The van der Waals surface area contributed by atoms with E-state index in [9.17, 15) is 19.7 Å². The number of nitro benzene ring substituents is 1. The topological polar surface area (TPSA) is 132 Å². The number of amides is 2. The third-order valence-corrected chi connectivity index (χ3v) is 4.50. The van der Waals surface area contributed by atoms with Crippen molar-refractivity contribution in [2.75, 3.05) is 31.2 Å². The maximum atomic E-state index is 12.3. The molecule has 1 saturated heterocycles. The monoisotopic (exact) mass is 402 g/mol. The van der Waals surface area contributed by atoms with E-state index < -0.39 is 16.7 Å². The summed E-state index contributed by atoms with van der Waals surface area (Å²) in [4.78, 5) is 37.2. The highest BCUT2D eigenvalue weighted by Gasteiger charge is 2.23. The van der Waals surface area contributed by atoms with Crippen molar-refractivity contribution in [2.45, 2.75) is 20.4 Å². The van der Waals surface area contributed by atoms with Gasteiger partial charge in [0.25, 0.3) is 17.5 Å². The summed E-state index contributed by atoms with van der Waals surface area (Å²) < 4.78 is 6.78. The lowest BCUT2D eigenvalue weighted by atomic mass is 10.1. The zero-order valence-electron chi connectivity index (χ0n) is 16.2. The van der Waals surface area contributed by atoms with Crippen LogP contribution in [0.25, 0.3) is 0 Å². The summed E-state index contributed by atoms with van der Waals surface area (Å²) in [6.45, 7) is 5.62. The Balaban J connectivity index is 1.65. The number of nitrogens with zero attached hydrogens (tertiary/aromatic N) is 4. The molecule has 0 bridgehead atoms. The Kier molecular flexibility index (Phi) is 6.07. The molecule has 0 aliphatic carbocycles. The molecule has 1 aliphatic heterocycles. The van der Waals surface area contributed by atoms with Gasteiger partial charge >= 0.3 is 0 Å². The molecule has 154 valence electrons. The van der Waals surface area contributed by atoms with Gasteiger partial charge in [-0.15, -0.1) is 0 Å². The van der Waals surface area contributed by atoms with Crippen LogP contribution in [0.5, 0.6) is 0 Å². The molecule has 0 saturated carbocycles. The maximum absolute atomic E-state index is 12.3. The van der Waals surface area contributed by atoms with Gasteiger partial charge in [0, 0.05) is 30.4 Å². The van der Waals surface area contributed by atoms with Gasteiger partial charge in [0.1, 0.15) is 12.2 Å². The number of rotatable bonds is 5. The van der Waals surface area contributed by atoms with Gasteiger partial charge in [-0.2, -0.15) is 5.10 Å². The van der Waals surface area contributed by atoms with E-state index in [-0.39, 0.29) is 17.8 Å². The van der Waals surface area contributed by atoms with E-state index in [1.807, 2.05) is 24.8 Å². The molecule has 0 spiro atoms. The predicted octanol–water partition coefficient (Wildman–Crippen LogP) is 0.706. The standard InChI is InChI=1S/C18H22N6O5/c1-12-9-13(2)23(21-12)11-17(25)19-20-18(26)14-3-4-15(16(10-14)24(27)28)22-5-7-29-8-6-22/h3-4,9-10H,5-8,11H2,1-2H3,(H,19,25)(H,20,26). The number of nitrogens with one attached hydrogen (secondary N) is 2. The first-order chi connectivity index (χ1) is 13.8. The van der Waals surface area contributed by atoms with Crippen molar-refractivity contribution in [1.82, 2.24) is 20.6 Å². The van der Waals surface area contributed by atoms with Crippen molar-refractivity contribution < 1.29 is 19.2 Å². The van der Waals surface area contributed by atoms with Crippen molar-refractivity contribution in [2.24, 2.45) is 0 Å². The van der Waals surface area contributed by atoms with E-state index in [4.69, 9.17) is 4.74 Å². The minimum absolute atomic E-state index is 0.0595. The molecule has 2 N–H and O–H groups in total. The Morgan fingerprint density at radius 3 is 2.55 bits per heavy atom. The Morgan fingerprint density at radius 2 is 1.93 bits per heavy atom. The number of carbonyl (C=O) groups excluding carboxylic acids is 2. The molecule has 1 aromatic heterocycles. The number of hydrogen-bond donors (Lipinski definition) is 2. The Bertz CT molecular complexity index is 935. The first kappa shape index (κ1) is 20.3. The van der Waals surface area contributed by atoms with Crippen molar-refractivity contribution in [3.8, 4) is 0 Å². The zero-order chi connectivity index (χ0) is 21.0. The summed E-state index contributed by atoms with van der Waals surface area (Å²) in [6, 6.07) is 6.06. The lowest BCUT2D eigenvalue weighted by Crippen LogP contribution is -2.43. The van der Waals surface area contributed by atoms with Gasteiger partial charge in [0.15, 0.2) is 0 Å². The van der Waals surface area contributed by atoms with Crippen LogP contribution < -0.4 is 15.8 Å². The predicted molar refractivity (Wildman–Crippen MR) is 103 cm³/mol. The van der Waals surface area contributed by atoms with Gasteiger partial charge in [0.05, 0.1) is 23.8 Å². The zero-order valence-corrected chi connectivity index (χ0v) is 16.2. The van der Waals surface area contributed by atoms with Crippen molar-refractivity contribution in [3.63, 3.8) is 0 Å². The van der Waals surface area contributed by atoms with E-state index in [2.05, 4.69) is 16.0 Å². The maximum Gasteiger partial charge on any atom is 0.293 e. The van der Waals surface area contributed by atoms with Gasteiger partial charge in [-0.05, 0) is 32.0 Å². The van der Waals surface area contributed by atoms with Crippen LogP contribution in [0.4, 0.5) is 11.4 Å². The van der Waals surface area contributed by atoms with Gasteiger partial charge in [0.2, 0.25) is 0 Å². The first-order valence-corrected chi connectivity index (χ1v) is 9.06. The number of ether oxygens (including phenoxy) is 1. The normalized spacial score (nSPS) is 13.8. The second-order valence-electron chi connectivity index (χ2n) is 6.65. The van der Waals surface area contributed by atoms with Crippen molar-refractivity contribution in [3.05, 3.63) is 51.3 Å².